The third-order valence-electron chi connectivity index (χ3n) is 5.62. The van der Waals surface area contributed by atoms with Gasteiger partial charge >= 0.3 is 0 Å². The van der Waals surface area contributed by atoms with Crippen molar-refractivity contribution in [3.05, 3.63) is 94.8 Å². The Bertz CT molecular complexity index is 1230. The molecule has 6 heteroatoms. The smallest absolute Gasteiger partial charge is 0.300 e. The lowest BCUT2D eigenvalue weighted by Crippen LogP contribution is -2.30. The summed E-state index contributed by atoms with van der Waals surface area (Å²) >= 11 is 0. The lowest BCUT2D eigenvalue weighted by Gasteiger charge is -2.26. The number of nitrogens with zero attached hydrogens (tertiary/aromatic N) is 2. The van der Waals surface area contributed by atoms with Gasteiger partial charge in [-0.25, -0.2) is 0 Å². The first-order valence-corrected chi connectivity index (χ1v) is 10.9. The number of hydrogen-bond donors (Lipinski definition) is 1. The number of benzene rings is 2. The highest BCUT2D eigenvalue weighted by atomic mass is 16.5. The van der Waals surface area contributed by atoms with Gasteiger partial charge < -0.3 is 9.84 Å². The molecule has 1 aliphatic rings. The third kappa shape index (κ3) is 4.24. The van der Waals surface area contributed by atoms with E-state index < -0.39 is 17.7 Å². The molecule has 1 N–H and O–H groups in total. The van der Waals surface area contributed by atoms with Crippen LogP contribution in [0.2, 0.25) is 0 Å². The number of rotatable bonds is 6. The predicted octanol–water partition coefficient (Wildman–Crippen LogP) is 5.11. The second-order valence-electron chi connectivity index (χ2n) is 8.09. The largest absolute Gasteiger partial charge is 0.507 e. The summed E-state index contributed by atoms with van der Waals surface area (Å²) < 4.78 is 5.68. The fraction of sp³-hybridized carbons (Fsp3) is 0.222. The molecule has 3 aromatic rings. The number of ketones is 1. The number of ether oxygens (including phenoxy) is 1. The second-order valence-corrected chi connectivity index (χ2v) is 8.09. The zero-order chi connectivity index (χ0) is 23.5. The first kappa shape index (κ1) is 22.3. The molecule has 1 aromatic heterocycles. The van der Waals surface area contributed by atoms with Crippen molar-refractivity contribution in [2.75, 3.05) is 11.5 Å². The highest BCUT2D eigenvalue weighted by molar-refractivity contribution is 6.51. The first-order chi connectivity index (χ1) is 15.9. The van der Waals surface area contributed by atoms with Gasteiger partial charge in [0.25, 0.3) is 11.7 Å². The molecule has 33 heavy (non-hydrogen) atoms. The van der Waals surface area contributed by atoms with Crippen molar-refractivity contribution in [1.29, 1.82) is 0 Å². The predicted molar refractivity (Wildman–Crippen MR) is 127 cm³/mol. The van der Waals surface area contributed by atoms with Gasteiger partial charge in [-0.2, -0.15) is 0 Å². The standard InChI is InChI=1S/C27H26N2O4/c1-4-14-33-20-9-7-8-19(16-20)25(30)23-24(21-10-5-6-13-28-21)29(27(32)26(23)31)22-15-17(2)11-12-18(22)3/h5-13,15-16,24,30H,4,14H2,1-3H3/b25-23+. The Kier molecular flexibility index (Phi) is 6.27. The van der Waals surface area contributed by atoms with Crippen LogP contribution in [0.15, 0.2) is 72.4 Å². The van der Waals surface area contributed by atoms with E-state index in [0.29, 0.717) is 29.3 Å². The number of pyridine rings is 1. The van der Waals surface area contributed by atoms with E-state index >= 15 is 0 Å². The van der Waals surface area contributed by atoms with Gasteiger partial charge in [0.1, 0.15) is 17.6 Å². The molecular formula is C27H26N2O4. The van der Waals surface area contributed by atoms with Gasteiger partial charge in [0.15, 0.2) is 0 Å². The summed E-state index contributed by atoms with van der Waals surface area (Å²) in [4.78, 5) is 32.4. The van der Waals surface area contributed by atoms with E-state index in [2.05, 4.69) is 4.98 Å². The van der Waals surface area contributed by atoms with Crippen LogP contribution < -0.4 is 9.64 Å². The van der Waals surface area contributed by atoms with Gasteiger partial charge in [0.2, 0.25) is 0 Å². The molecule has 1 fully saturated rings. The summed E-state index contributed by atoms with van der Waals surface area (Å²) in [7, 11) is 0. The van der Waals surface area contributed by atoms with E-state index in [-0.39, 0.29) is 11.3 Å². The number of aryl methyl sites for hydroxylation is 2. The molecule has 0 spiro atoms. The molecule has 0 saturated carbocycles. The fourth-order valence-corrected chi connectivity index (χ4v) is 3.99. The number of aliphatic hydroxyl groups is 1. The topological polar surface area (TPSA) is 79.7 Å². The van der Waals surface area contributed by atoms with Gasteiger partial charge in [-0.05, 0) is 61.7 Å². The van der Waals surface area contributed by atoms with Crippen LogP contribution in [0, 0.1) is 13.8 Å². The Morgan fingerprint density at radius 3 is 2.61 bits per heavy atom. The van der Waals surface area contributed by atoms with E-state index in [4.69, 9.17) is 4.74 Å². The maximum absolute atomic E-state index is 13.3. The SMILES string of the molecule is CCCOc1cccc(/C(O)=C2\C(=O)C(=O)N(c3cc(C)ccc3C)C2c2ccccn2)c1. The molecule has 4 rings (SSSR count). The van der Waals surface area contributed by atoms with E-state index in [1.165, 1.54) is 4.90 Å². The van der Waals surface area contributed by atoms with E-state index in [9.17, 15) is 14.7 Å². The molecule has 2 aromatic carbocycles. The maximum Gasteiger partial charge on any atom is 0.300 e. The fourth-order valence-electron chi connectivity index (χ4n) is 3.99. The number of aromatic nitrogens is 1. The zero-order valence-corrected chi connectivity index (χ0v) is 18.9. The molecule has 0 bridgehead atoms. The molecule has 168 valence electrons. The van der Waals surface area contributed by atoms with Crippen LogP contribution >= 0.6 is 0 Å². The Hall–Kier alpha value is -3.93. The number of amides is 1. The summed E-state index contributed by atoms with van der Waals surface area (Å²) in [6.45, 7) is 6.36. The molecule has 6 nitrogen and oxygen atoms in total. The number of hydrogen-bond acceptors (Lipinski definition) is 5. The summed E-state index contributed by atoms with van der Waals surface area (Å²) in [5.74, 6) is -1.11. The van der Waals surface area contributed by atoms with Crippen LogP contribution in [0.3, 0.4) is 0 Å². The van der Waals surface area contributed by atoms with Gasteiger partial charge in [-0.15, -0.1) is 0 Å². The lowest BCUT2D eigenvalue weighted by molar-refractivity contribution is -0.132. The average molecular weight is 443 g/mol. The number of carbonyl (C=O) groups is 2. The van der Waals surface area contributed by atoms with E-state index in [1.807, 2.05) is 39.0 Å². The highest BCUT2D eigenvalue weighted by Crippen LogP contribution is 2.42. The molecule has 1 saturated heterocycles. The monoisotopic (exact) mass is 442 g/mol. The van der Waals surface area contributed by atoms with E-state index in [0.717, 1.165) is 17.5 Å². The van der Waals surface area contributed by atoms with Gasteiger partial charge in [-0.1, -0.05) is 37.3 Å². The molecular weight excluding hydrogens is 416 g/mol. The number of aliphatic hydroxyl groups excluding tert-OH is 1. The van der Waals surface area contributed by atoms with Crippen molar-refractivity contribution in [3.8, 4) is 5.75 Å². The quantitative estimate of drug-likeness (QED) is 0.326. The van der Waals surface area contributed by atoms with Gasteiger partial charge in [0.05, 0.1) is 17.9 Å². The van der Waals surface area contributed by atoms with Crippen LogP contribution in [-0.4, -0.2) is 28.4 Å². The number of carbonyl (C=O) groups excluding carboxylic acids is 2. The van der Waals surface area contributed by atoms with Gasteiger partial charge in [0, 0.05) is 17.4 Å². The zero-order valence-electron chi connectivity index (χ0n) is 18.9. The molecule has 1 aliphatic heterocycles. The maximum atomic E-state index is 13.3. The van der Waals surface area contributed by atoms with Gasteiger partial charge in [-0.3, -0.25) is 19.5 Å². The summed E-state index contributed by atoms with van der Waals surface area (Å²) in [5.41, 5.74) is 3.33. The van der Waals surface area contributed by atoms with Crippen LogP contribution in [0.1, 0.15) is 41.8 Å². The van der Waals surface area contributed by atoms with Crippen LogP contribution in [0.25, 0.3) is 5.76 Å². The first-order valence-electron chi connectivity index (χ1n) is 10.9. The Labute approximate surface area is 193 Å². The van der Waals surface area contributed by atoms with Crippen molar-refractivity contribution in [3.63, 3.8) is 0 Å². The normalized spacial score (nSPS) is 17.4. The molecule has 1 amide bonds. The van der Waals surface area contributed by atoms with Crippen molar-refractivity contribution in [2.24, 2.45) is 0 Å². The van der Waals surface area contributed by atoms with Crippen molar-refractivity contribution < 1.29 is 19.4 Å². The number of Topliss-reactive ketones (excluding diaryl/α,β-unsaturated/α-hetero) is 1. The van der Waals surface area contributed by atoms with Crippen LogP contribution in [0.4, 0.5) is 5.69 Å². The summed E-state index contributed by atoms with van der Waals surface area (Å²) in [6, 6.07) is 17.1. The van der Waals surface area contributed by atoms with Crippen LogP contribution in [0.5, 0.6) is 5.75 Å². The summed E-state index contributed by atoms with van der Waals surface area (Å²) in [5, 5.41) is 11.3. The van der Waals surface area contributed by atoms with Crippen molar-refractivity contribution in [2.45, 2.75) is 33.2 Å². The summed E-state index contributed by atoms with van der Waals surface area (Å²) in [6.07, 6.45) is 2.45. The van der Waals surface area contributed by atoms with Crippen molar-refractivity contribution in [1.82, 2.24) is 4.98 Å². The Morgan fingerprint density at radius 1 is 1.06 bits per heavy atom. The third-order valence-corrected chi connectivity index (χ3v) is 5.62. The average Bonchev–Trinajstić information content (AvgIpc) is 3.10. The Morgan fingerprint density at radius 2 is 1.88 bits per heavy atom. The molecule has 0 radical (unpaired) electrons. The minimum absolute atomic E-state index is 0.00671. The molecule has 1 unspecified atom stereocenters. The second kappa shape index (κ2) is 9.28. The molecule has 0 aliphatic carbocycles. The minimum atomic E-state index is -0.855. The van der Waals surface area contributed by atoms with Crippen LogP contribution in [-0.2, 0) is 9.59 Å². The minimum Gasteiger partial charge on any atom is -0.507 e. The number of anilines is 1. The van der Waals surface area contributed by atoms with Crippen molar-refractivity contribution >= 4 is 23.1 Å². The van der Waals surface area contributed by atoms with E-state index in [1.54, 1.807) is 48.7 Å². The highest BCUT2D eigenvalue weighted by Gasteiger charge is 2.48. The lowest BCUT2D eigenvalue weighted by atomic mass is 9.97. The Balaban J connectivity index is 1.91. The molecule has 2 heterocycles. The molecule has 1 atom stereocenters.